The summed E-state index contributed by atoms with van der Waals surface area (Å²) in [6.07, 6.45) is 1.61. The minimum Gasteiger partial charge on any atom is -0.497 e. The number of methoxy groups -OCH3 is 1. The average molecular weight is 433 g/mol. The first-order valence-corrected chi connectivity index (χ1v) is 11.5. The van der Waals surface area contributed by atoms with E-state index < -0.39 is 10.0 Å². The maximum absolute atomic E-state index is 13.0. The number of ether oxygens (including phenoxy) is 2. The van der Waals surface area contributed by atoms with E-state index in [9.17, 15) is 13.2 Å². The number of hydrogen-bond acceptors (Lipinski definition) is 5. The van der Waals surface area contributed by atoms with E-state index in [1.807, 2.05) is 24.3 Å². The lowest BCUT2D eigenvalue weighted by molar-refractivity contribution is 0.0730. The van der Waals surface area contributed by atoms with Crippen molar-refractivity contribution in [1.82, 2.24) is 9.62 Å². The maximum Gasteiger partial charge on any atom is 0.251 e. The van der Waals surface area contributed by atoms with Gasteiger partial charge in [0.25, 0.3) is 5.91 Å². The van der Waals surface area contributed by atoms with Gasteiger partial charge in [-0.05, 0) is 55.2 Å². The number of aryl methyl sites for hydroxylation is 2. The molecule has 0 aliphatic carbocycles. The summed E-state index contributed by atoms with van der Waals surface area (Å²) in [6, 6.07) is 12.6. The van der Waals surface area contributed by atoms with Crippen LogP contribution in [0.25, 0.3) is 0 Å². The zero-order chi connectivity index (χ0) is 21.6. The van der Waals surface area contributed by atoms with E-state index in [0.717, 1.165) is 18.6 Å². The van der Waals surface area contributed by atoms with Gasteiger partial charge in [-0.25, -0.2) is 8.42 Å². The summed E-state index contributed by atoms with van der Waals surface area (Å²) in [5, 5.41) is 2.88. The van der Waals surface area contributed by atoms with Crippen LogP contribution in [0.15, 0.2) is 47.4 Å². The van der Waals surface area contributed by atoms with Crippen molar-refractivity contribution in [3.8, 4) is 5.75 Å². The molecule has 30 heavy (non-hydrogen) atoms. The quantitative estimate of drug-likeness (QED) is 0.648. The van der Waals surface area contributed by atoms with Crippen LogP contribution in [0.1, 0.15) is 27.9 Å². The molecule has 2 aromatic carbocycles. The fraction of sp³-hybridized carbons (Fsp3) is 0.409. The summed E-state index contributed by atoms with van der Waals surface area (Å²) in [6.45, 7) is 3.65. The zero-order valence-electron chi connectivity index (χ0n) is 17.4. The smallest absolute Gasteiger partial charge is 0.251 e. The van der Waals surface area contributed by atoms with Crippen LogP contribution < -0.4 is 10.1 Å². The molecule has 0 spiro atoms. The van der Waals surface area contributed by atoms with Crippen molar-refractivity contribution in [2.45, 2.75) is 24.7 Å². The van der Waals surface area contributed by atoms with Crippen molar-refractivity contribution in [3.63, 3.8) is 0 Å². The first kappa shape index (κ1) is 22.3. The fourth-order valence-corrected chi connectivity index (χ4v) is 4.99. The van der Waals surface area contributed by atoms with Gasteiger partial charge in [-0.3, -0.25) is 4.79 Å². The molecule has 1 aliphatic heterocycles. The van der Waals surface area contributed by atoms with E-state index in [0.29, 0.717) is 44.0 Å². The van der Waals surface area contributed by atoms with Gasteiger partial charge in [0.05, 0.1) is 25.2 Å². The summed E-state index contributed by atoms with van der Waals surface area (Å²) < 4.78 is 37.8. The third kappa shape index (κ3) is 5.38. The third-order valence-electron chi connectivity index (χ3n) is 5.13. The molecule has 1 heterocycles. The Morgan fingerprint density at radius 3 is 2.50 bits per heavy atom. The van der Waals surface area contributed by atoms with Gasteiger partial charge in [0.15, 0.2) is 0 Å². The van der Waals surface area contributed by atoms with Crippen molar-refractivity contribution in [1.29, 1.82) is 0 Å². The number of amides is 1. The molecule has 0 unspecified atom stereocenters. The lowest BCUT2D eigenvalue weighted by atomic mass is 10.1. The van der Waals surface area contributed by atoms with E-state index in [-0.39, 0.29) is 10.8 Å². The van der Waals surface area contributed by atoms with Crippen LogP contribution in [0.2, 0.25) is 0 Å². The normalized spacial score (nSPS) is 15.0. The molecule has 0 radical (unpaired) electrons. The van der Waals surface area contributed by atoms with Gasteiger partial charge in [-0.1, -0.05) is 18.2 Å². The second-order valence-electron chi connectivity index (χ2n) is 7.20. The van der Waals surface area contributed by atoms with E-state index in [2.05, 4.69) is 5.32 Å². The lowest BCUT2D eigenvalue weighted by Crippen LogP contribution is -2.41. The summed E-state index contributed by atoms with van der Waals surface area (Å²) in [5.74, 6) is 0.539. The van der Waals surface area contributed by atoms with Crippen LogP contribution in [-0.2, 0) is 21.2 Å². The summed E-state index contributed by atoms with van der Waals surface area (Å²) >= 11 is 0. The Balaban J connectivity index is 1.60. The molecule has 3 rings (SSSR count). The van der Waals surface area contributed by atoms with Crippen LogP contribution in [0.3, 0.4) is 0 Å². The van der Waals surface area contributed by atoms with Gasteiger partial charge < -0.3 is 14.8 Å². The molecule has 8 heteroatoms. The predicted molar refractivity (Wildman–Crippen MR) is 114 cm³/mol. The summed E-state index contributed by atoms with van der Waals surface area (Å²) in [7, 11) is -2.02. The van der Waals surface area contributed by atoms with E-state index in [4.69, 9.17) is 9.47 Å². The molecule has 162 valence electrons. The number of sulfonamides is 1. The number of nitrogens with one attached hydrogen (secondary N) is 1. The Morgan fingerprint density at radius 2 is 1.83 bits per heavy atom. The summed E-state index contributed by atoms with van der Waals surface area (Å²) in [5.41, 5.74) is 2.13. The highest BCUT2D eigenvalue weighted by Gasteiger charge is 2.28. The molecule has 1 fully saturated rings. The maximum atomic E-state index is 13.0. The topological polar surface area (TPSA) is 84.9 Å². The fourth-order valence-electron chi connectivity index (χ4n) is 3.33. The summed E-state index contributed by atoms with van der Waals surface area (Å²) in [4.78, 5) is 12.7. The van der Waals surface area contributed by atoms with E-state index in [1.165, 1.54) is 15.9 Å². The van der Waals surface area contributed by atoms with Crippen molar-refractivity contribution < 1.29 is 22.7 Å². The highest BCUT2D eigenvalue weighted by molar-refractivity contribution is 7.89. The molecular weight excluding hydrogens is 404 g/mol. The van der Waals surface area contributed by atoms with Crippen LogP contribution in [0, 0.1) is 6.92 Å². The molecule has 1 N–H and O–H groups in total. The molecule has 1 saturated heterocycles. The molecule has 0 aromatic heterocycles. The second kappa shape index (κ2) is 10.1. The lowest BCUT2D eigenvalue weighted by Gasteiger charge is -2.26. The number of nitrogens with zero attached hydrogens (tertiary/aromatic N) is 1. The van der Waals surface area contributed by atoms with Crippen LogP contribution in [-0.4, -0.2) is 58.6 Å². The SMILES string of the molecule is COc1ccc(CCCNC(=O)c2ccc(C)c(S(=O)(=O)N3CCOCC3)c2)cc1. The first-order valence-electron chi connectivity index (χ1n) is 10.0. The molecule has 0 bridgehead atoms. The standard InChI is InChI=1S/C22H28N2O5S/c1-17-5-8-19(16-21(17)30(26,27)24-12-14-29-15-13-24)22(25)23-11-3-4-18-6-9-20(28-2)10-7-18/h5-10,16H,3-4,11-15H2,1-2H3,(H,23,25). The largest absolute Gasteiger partial charge is 0.497 e. The van der Waals surface area contributed by atoms with Crippen molar-refractivity contribution in [2.75, 3.05) is 40.0 Å². The number of morpholine rings is 1. The van der Waals surface area contributed by atoms with Crippen LogP contribution in [0.4, 0.5) is 0 Å². The Labute approximate surface area is 178 Å². The number of carbonyl (C=O) groups is 1. The van der Waals surface area contributed by atoms with Crippen molar-refractivity contribution >= 4 is 15.9 Å². The Hall–Kier alpha value is -2.42. The van der Waals surface area contributed by atoms with E-state index >= 15 is 0 Å². The minimum absolute atomic E-state index is 0.176. The predicted octanol–water partition coefficient (Wildman–Crippen LogP) is 2.39. The molecule has 7 nitrogen and oxygen atoms in total. The monoisotopic (exact) mass is 432 g/mol. The molecular formula is C22H28N2O5S. The zero-order valence-corrected chi connectivity index (χ0v) is 18.2. The van der Waals surface area contributed by atoms with Crippen LogP contribution in [0.5, 0.6) is 5.75 Å². The second-order valence-corrected chi connectivity index (χ2v) is 9.11. The Morgan fingerprint density at radius 1 is 1.13 bits per heavy atom. The van der Waals surface area contributed by atoms with Crippen LogP contribution >= 0.6 is 0 Å². The van der Waals surface area contributed by atoms with Crippen molar-refractivity contribution in [3.05, 3.63) is 59.2 Å². The van der Waals surface area contributed by atoms with Gasteiger partial charge in [-0.2, -0.15) is 4.31 Å². The number of rotatable bonds is 8. The average Bonchev–Trinajstić information content (AvgIpc) is 2.77. The minimum atomic E-state index is -3.65. The number of benzene rings is 2. The van der Waals surface area contributed by atoms with Gasteiger partial charge in [0.2, 0.25) is 10.0 Å². The van der Waals surface area contributed by atoms with Gasteiger partial charge in [0.1, 0.15) is 5.75 Å². The van der Waals surface area contributed by atoms with E-state index in [1.54, 1.807) is 26.2 Å². The molecule has 0 atom stereocenters. The Bertz CT molecular complexity index is 968. The van der Waals surface area contributed by atoms with Crippen molar-refractivity contribution in [2.24, 2.45) is 0 Å². The number of carbonyl (C=O) groups excluding carboxylic acids is 1. The third-order valence-corrected chi connectivity index (χ3v) is 7.17. The highest BCUT2D eigenvalue weighted by Crippen LogP contribution is 2.22. The molecule has 1 amide bonds. The first-order chi connectivity index (χ1) is 14.4. The molecule has 0 saturated carbocycles. The van der Waals surface area contributed by atoms with Gasteiger partial charge >= 0.3 is 0 Å². The molecule has 1 aliphatic rings. The molecule has 2 aromatic rings. The number of hydrogen-bond donors (Lipinski definition) is 1. The van der Waals surface area contributed by atoms with Gasteiger partial charge in [-0.15, -0.1) is 0 Å². The highest BCUT2D eigenvalue weighted by atomic mass is 32.2. The van der Waals surface area contributed by atoms with Gasteiger partial charge in [0, 0.05) is 25.2 Å². The Kier molecular flexibility index (Phi) is 7.47.